The number of aliphatic hydroxyl groups excluding tert-OH is 1. The van der Waals surface area contributed by atoms with E-state index in [9.17, 15) is 9.59 Å². The van der Waals surface area contributed by atoms with Crippen molar-refractivity contribution in [1.29, 1.82) is 0 Å². The van der Waals surface area contributed by atoms with Gasteiger partial charge in [0, 0.05) is 6.61 Å². The first-order valence-corrected chi connectivity index (χ1v) is 5.80. The Morgan fingerprint density at radius 2 is 1.61 bits per heavy atom. The standard InChI is InChI=1S/C11H20O7/c1-2-3-16-4-5-17-6-7-18-11(15)9(12)8-10(13)14/h9,12H,2-8H2,1H3,(H,13,14). The Hall–Kier alpha value is -1.18. The number of aliphatic carboxylic acids is 1. The number of carbonyl (C=O) groups is 2. The lowest BCUT2D eigenvalue weighted by molar-refractivity contribution is -0.159. The summed E-state index contributed by atoms with van der Waals surface area (Å²) in [6, 6.07) is 0. The number of rotatable bonds is 11. The normalized spacial score (nSPS) is 12.1. The number of carbonyl (C=O) groups excluding carboxylic acids is 1. The monoisotopic (exact) mass is 264 g/mol. The molecule has 0 bridgehead atoms. The Balaban J connectivity index is 3.37. The number of ether oxygens (including phenoxy) is 3. The molecule has 2 N–H and O–H groups in total. The average molecular weight is 264 g/mol. The highest BCUT2D eigenvalue weighted by atomic mass is 16.6. The van der Waals surface area contributed by atoms with Crippen molar-refractivity contribution in [2.75, 3.05) is 33.0 Å². The maximum Gasteiger partial charge on any atom is 0.335 e. The third kappa shape index (κ3) is 10.0. The molecule has 0 spiro atoms. The van der Waals surface area contributed by atoms with Crippen LogP contribution >= 0.6 is 0 Å². The predicted molar refractivity (Wildman–Crippen MR) is 61.1 cm³/mol. The lowest BCUT2D eigenvalue weighted by atomic mass is 10.2. The van der Waals surface area contributed by atoms with E-state index in [4.69, 9.17) is 19.7 Å². The first-order valence-electron chi connectivity index (χ1n) is 5.80. The van der Waals surface area contributed by atoms with Gasteiger partial charge in [-0.2, -0.15) is 0 Å². The van der Waals surface area contributed by atoms with Crippen molar-refractivity contribution in [3.8, 4) is 0 Å². The zero-order valence-electron chi connectivity index (χ0n) is 10.5. The molecule has 0 aliphatic carbocycles. The summed E-state index contributed by atoms with van der Waals surface area (Å²) in [5, 5.41) is 17.4. The van der Waals surface area contributed by atoms with Crippen LogP contribution in [0.2, 0.25) is 0 Å². The van der Waals surface area contributed by atoms with E-state index in [0.29, 0.717) is 19.8 Å². The van der Waals surface area contributed by atoms with Gasteiger partial charge in [0.25, 0.3) is 0 Å². The highest BCUT2D eigenvalue weighted by molar-refractivity contribution is 5.80. The summed E-state index contributed by atoms with van der Waals surface area (Å²) < 4.78 is 14.9. The van der Waals surface area contributed by atoms with Gasteiger partial charge in [0.2, 0.25) is 0 Å². The van der Waals surface area contributed by atoms with Crippen LogP contribution in [-0.2, 0) is 23.8 Å². The Labute approximate surface area is 106 Å². The molecule has 0 aromatic rings. The molecule has 7 heteroatoms. The predicted octanol–water partition coefficient (Wildman–Crippen LogP) is -0.192. The van der Waals surface area contributed by atoms with Crippen LogP contribution in [0.1, 0.15) is 19.8 Å². The molecule has 0 aliphatic rings. The summed E-state index contributed by atoms with van der Waals surface area (Å²) in [7, 11) is 0. The fourth-order valence-corrected chi connectivity index (χ4v) is 1.01. The molecule has 1 unspecified atom stereocenters. The molecule has 0 aromatic carbocycles. The van der Waals surface area contributed by atoms with E-state index >= 15 is 0 Å². The van der Waals surface area contributed by atoms with E-state index in [2.05, 4.69) is 4.74 Å². The van der Waals surface area contributed by atoms with E-state index in [1.807, 2.05) is 6.92 Å². The Morgan fingerprint density at radius 3 is 2.17 bits per heavy atom. The second-order valence-electron chi connectivity index (χ2n) is 3.51. The van der Waals surface area contributed by atoms with Crippen molar-refractivity contribution < 1.29 is 34.0 Å². The second kappa shape index (κ2) is 10.9. The quantitative estimate of drug-likeness (QED) is 0.394. The largest absolute Gasteiger partial charge is 0.481 e. The van der Waals surface area contributed by atoms with Gasteiger partial charge < -0.3 is 24.4 Å². The molecule has 0 heterocycles. The fraction of sp³-hybridized carbons (Fsp3) is 0.818. The van der Waals surface area contributed by atoms with Crippen molar-refractivity contribution in [2.45, 2.75) is 25.9 Å². The second-order valence-corrected chi connectivity index (χ2v) is 3.51. The molecular formula is C11H20O7. The molecule has 0 aliphatic heterocycles. The van der Waals surface area contributed by atoms with Gasteiger partial charge in [-0.15, -0.1) is 0 Å². The molecule has 0 aromatic heterocycles. The van der Waals surface area contributed by atoms with Gasteiger partial charge in [-0.1, -0.05) is 6.92 Å². The summed E-state index contributed by atoms with van der Waals surface area (Å²) in [6.07, 6.45) is -1.35. The number of carboxylic acid groups (broad SMARTS) is 1. The number of esters is 1. The van der Waals surface area contributed by atoms with Crippen LogP contribution < -0.4 is 0 Å². The molecule has 106 valence electrons. The SMILES string of the molecule is CCCOCCOCCOC(=O)C(O)CC(=O)O. The van der Waals surface area contributed by atoms with E-state index in [1.54, 1.807) is 0 Å². The van der Waals surface area contributed by atoms with Crippen molar-refractivity contribution in [3.05, 3.63) is 0 Å². The van der Waals surface area contributed by atoms with Crippen LogP contribution in [0.15, 0.2) is 0 Å². The minimum Gasteiger partial charge on any atom is -0.481 e. The Kier molecular flexibility index (Phi) is 10.2. The van der Waals surface area contributed by atoms with E-state index in [-0.39, 0.29) is 13.2 Å². The van der Waals surface area contributed by atoms with Gasteiger partial charge in [-0.05, 0) is 6.42 Å². The lowest BCUT2D eigenvalue weighted by Crippen LogP contribution is -2.27. The molecule has 0 fully saturated rings. The van der Waals surface area contributed by atoms with Crippen LogP contribution in [0.25, 0.3) is 0 Å². The van der Waals surface area contributed by atoms with Crippen LogP contribution in [-0.4, -0.2) is 61.3 Å². The minimum atomic E-state index is -1.63. The van der Waals surface area contributed by atoms with Crippen LogP contribution in [0, 0.1) is 0 Å². The highest BCUT2D eigenvalue weighted by Crippen LogP contribution is 1.95. The minimum absolute atomic E-state index is 0.0245. The van der Waals surface area contributed by atoms with Crippen molar-refractivity contribution in [2.24, 2.45) is 0 Å². The summed E-state index contributed by atoms with van der Waals surface area (Å²) in [6.45, 7) is 3.71. The Bertz CT molecular complexity index is 242. The topological polar surface area (TPSA) is 102 Å². The Morgan fingerprint density at radius 1 is 1.06 bits per heavy atom. The molecular weight excluding hydrogens is 244 g/mol. The van der Waals surface area contributed by atoms with Gasteiger partial charge in [-0.3, -0.25) is 4.79 Å². The summed E-state index contributed by atoms with van der Waals surface area (Å²) >= 11 is 0. The van der Waals surface area contributed by atoms with E-state index in [0.717, 1.165) is 6.42 Å². The molecule has 0 amide bonds. The van der Waals surface area contributed by atoms with Crippen molar-refractivity contribution >= 4 is 11.9 Å². The fourth-order valence-electron chi connectivity index (χ4n) is 1.01. The van der Waals surface area contributed by atoms with Gasteiger partial charge in [-0.25, -0.2) is 4.79 Å². The summed E-state index contributed by atoms with van der Waals surface area (Å²) in [5.74, 6) is -2.22. The van der Waals surface area contributed by atoms with Gasteiger partial charge in [0.05, 0.1) is 26.2 Å². The van der Waals surface area contributed by atoms with Crippen molar-refractivity contribution in [1.82, 2.24) is 0 Å². The smallest absolute Gasteiger partial charge is 0.335 e. The van der Waals surface area contributed by atoms with Gasteiger partial charge in [0.1, 0.15) is 6.61 Å². The molecule has 0 radical (unpaired) electrons. The lowest BCUT2D eigenvalue weighted by Gasteiger charge is -2.09. The molecule has 0 saturated heterocycles. The van der Waals surface area contributed by atoms with Crippen LogP contribution in [0.5, 0.6) is 0 Å². The molecule has 7 nitrogen and oxygen atoms in total. The van der Waals surface area contributed by atoms with E-state index < -0.39 is 24.5 Å². The van der Waals surface area contributed by atoms with Crippen LogP contribution in [0.3, 0.4) is 0 Å². The number of hydrogen-bond acceptors (Lipinski definition) is 6. The zero-order chi connectivity index (χ0) is 13.8. The van der Waals surface area contributed by atoms with Crippen LogP contribution in [0.4, 0.5) is 0 Å². The average Bonchev–Trinajstić information content (AvgIpc) is 2.31. The first kappa shape index (κ1) is 16.8. The molecule has 1 atom stereocenters. The summed E-state index contributed by atoms with van der Waals surface area (Å²) in [5.41, 5.74) is 0. The highest BCUT2D eigenvalue weighted by Gasteiger charge is 2.19. The number of aliphatic hydroxyl groups is 1. The third-order valence-corrected chi connectivity index (χ3v) is 1.83. The first-order chi connectivity index (χ1) is 8.57. The number of carboxylic acids is 1. The third-order valence-electron chi connectivity index (χ3n) is 1.83. The van der Waals surface area contributed by atoms with Crippen molar-refractivity contribution in [3.63, 3.8) is 0 Å². The van der Waals surface area contributed by atoms with Gasteiger partial charge in [0.15, 0.2) is 6.10 Å². The molecule has 0 saturated carbocycles. The van der Waals surface area contributed by atoms with Gasteiger partial charge >= 0.3 is 11.9 Å². The van der Waals surface area contributed by atoms with E-state index in [1.165, 1.54) is 0 Å². The zero-order valence-corrected chi connectivity index (χ0v) is 10.5. The maximum atomic E-state index is 11.0. The molecule has 0 rings (SSSR count). The molecule has 18 heavy (non-hydrogen) atoms. The maximum absolute atomic E-state index is 11.0. The number of hydrogen-bond donors (Lipinski definition) is 2. The summed E-state index contributed by atoms with van der Waals surface area (Å²) in [4.78, 5) is 21.2.